The summed E-state index contributed by atoms with van der Waals surface area (Å²) in [6, 6.07) is 58.9. The van der Waals surface area contributed by atoms with E-state index in [4.69, 9.17) is 9.40 Å². The summed E-state index contributed by atoms with van der Waals surface area (Å²) < 4.78 is 8.77. The second kappa shape index (κ2) is 11.6. The van der Waals surface area contributed by atoms with Gasteiger partial charge in [0.1, 0.15) is 11.2 Å². The first-order chi connectivity index (χ1) is 25.4. The Hall–Kier alpha value is -6.26. The number of furan rings is 1. The van der Waals surface area contributed by atoms with Crippen LogP contribution in [0, 0.1) is 0 Å². The second-order valence-electron chi connectivity index (χ2n) is 14.8. The SMILES string of the molecule is BC(B)(B)c1nc2ccccc2n1-c1cccc(-c2c3ccccc3c(-c3cccc4oc5ccccc5c34)c3cc(-c4ccccc4)ccc23)c1. The van der Waals surface area contributed by atoms with Crippen molar-refractivity contribution in [1.82, 2.24) is 9.55 Å². The van der Waals surface area contributed by atoms with Gasteiger partial charge in [0, 0.05) is 16.5 Å². The van der Waals surface area contributed by atoms with Crippen LogP contribution in [0.3, 0.4) is 0 Å². The summed E-state index contributed by atoms with van der Waals surface area (Å²) in [6.07, 6.45) is 0. The van der Waals surface area contributed by atoms with Crippen molar-refractivity contribution in [2.24, 2.45) is 0 Å². The monoisotopic (exact) mass is 662 g/mol. The van der Waals surface area contributed by atoms with E-state index in [-0.39, 0.29) is 5.11 Å². The van der Waals surface area contributed by atoms with Crippen LogP contribution >= 0.6 is 0 Å². The summed E-state index contributed by atoms with van der Waals surface area (Å²) in [4.78, 5) is 5.14. The van der Waals surface area contributed by atoms with E-state index in [9.17, 15) is 0 Å². The molecule has 0 spiro atoms. The summed E-state index contributed by atoms with van der Waals surface area (Å²) >= 11 is 0. The molecule has 0 bridgehead atoms. The molecule has 0 N–H and O–H groups in total. The number of hydrogen-bond acceptors (Lipinski definition) is 2. The standard InChI is InChI=1S/C46H33B3N2O/c47-46(48,49)45-50-38-20-7-8-21-39(38)51(45)31-15-10-14-30(26-31)42-32-16-4-5-17-33(32)43(37-27-29(24-25-34(37)42)28-12-2-1-3-13-28)36-19-11-23-41-44(36)35-18-6-9-22-40(35)52-41/h1-27H,47-49H2. The first-order valence-corrected chi connectivity index (χ1v) is 18.0. The van der Waals surface area contributed by atoms with E-state index >= 15 is 0 Å². The molecule has 10 rings (SSSR count). The predicted molar refractivity (Wildman–Crippen MR) is 227 cm³/mol. The minimum Gasteiger partial charge on any atom is -0.456 e. The Labute approximate surface area is 304 Å². The third-order valence-corrected chi connectivity index (χ3v) is 10.4. The van der Waals surface area contributed by atoms with Gasteiger partial charge < -0.3 is 4.42 Å². The molecular weight excluding hydrogens is 629 g/mol. The van der Waals surface area contributed by atoms with Crippen LogP contribution in [0.5, 0.6) is 0 Å². The third kappa shape index (κ3) is 4.75. The highest BCUT2D eigenvalue weighted by Crippen LogP contribution is 2.48. The fraction of sp³-hybridized carbons (Fsp3) is 0.0217. The normalized spacial score (nSPS) is 12.1. The molecule has 8 aromatic carbocycles. The number of aromatic nitrogens is 2. The zero-order valence-electron chi connectivity index (χ0n) is 29.4. The predicted octanol–water partition coefficient (Wildman–Crippen LogP) is 9.24. The Kier molecular flexibility index (Phi) is 6.84. The lowest BCUT2D eigenvalue weighted by atomic mass is 9.42. The zero-order chi connectivity index (χ0) is 35.0. The van der Waals surface area contributed by atoms with E-state index < -0.39 is 0 Å². The molecule has 6 heteroatoms. The molecule has 0 aliphatic heterocycles. The molecule has 0 amide bonds. The van der Waals surface area contributed by atoms with E-state index in [1.54, 1.807) is 0 Å². The smallest absolute Gasteiger partial charge is 0.136 e. The van der Waals surface area contributed by atoms with Crippen LogP contribution in [0.25, 0.3) is 93.6 Å². The summed E-state index contributed by atoms with van der Waals surface area (Å²) in [5.41, 5.74) is 12.2. The first-order valence-electron chi connectivity index (χ1n) is 18.0. The minimum atomic E-state index is -0.151. The van der Waals surface area contributed by atoms with Gasteiger partial charge in [-0.05, 0) is 97.4 Å². The Morgan fingerprint density at radius 3 is 1.96 bits per heavy atom. The summed E-state index contributed by atoms with van der Waals surface area (Å²) in [6.45, 7) is 0. The zero-order valence-corrected chi connectivity index (χ0v) is 29.4. The van der Waals surface area contributed by atoms with Gasteiger partial charge in [-0.2, -0.15) is 0 Å². The molecule has 0 saturated carbocycles. The fourth-order valence-corrected chi connectivity index (χ4v) is 8.16. The molecule has 0 radical (unpaired) electrons. The van der Waals surface area contributed by atoms with Crippen LogP contribution < -0.4 is 0 Å². The van der Waals surface area contributed by atoms with Gasteiger partial charge in [-0.25, -0.2) is 4.98 Å². The first kappa shape index (κ1) is 30.6. The summed E-state index contributed by atoms with van der Waals surface area (Å²) in [5.74, 6) is 1.05. The average molecular weight is 662 g/mol. The Morgan fingerprint density at radius 2 is 1.13 bits per heavy atom. The van der Waals surface area contributed by atoms with Gasteiger partial charge in [-0.1, -0.05) is 126 Å². The molecule has 10 aromatic rings. The largest absolute Gasteiger partial charge is 0.456 e. The summed E-state index contributed by atoms with van der Waals surface area (Å²) in [7, 11) is 6.72. The molecule has 0 fully saturated rings. The maximum Gasteiger partial charge on any atom is 0.136 e. The Bertz CT molecular complexity index is 3010. The highest BCUT2D eigenvalue weighted by Gasteiger charge is 2.25. The molecule has 0 saturated heterocycles. The molecular formula is C46H33B3N2O. The number of nitrogens with zero attached hydrogens (tertiary/aromatic N) is 2. The number of fused-ring (bicyclic) bond motifs is 6. The number of hydrogen-bond donors (Lipinski definition) is 0. The molecule has 242 valence electrons. The minimum absolute atomic E-state index is 0.151. The van der Waals surface area contributed by atoms with Gasteiger partial charge in [0.05, 0.1) is 40.4 Å². The van der Waals surface area contributed by atoms with Gasteiger partial charge in [-0.15, -0.1) is 0 Å². The molecule has 52 heavy (non-hydrogen) atoms. The van der Waals surface area contributed by atoms with Crippen LogP contribution in [-0.2, 0) is 5.11 Å². The lowest BCUT2D eigenvalue weighted by Crippen LogP contribution is -2.31. The van der Waals surface area contributed by atoms with Gasteiger partial charge in [-0.3, -0.25) is 4.57 Å². The lowest BCUT2D eigenvalue weighted by Gasteiger charge is -2.22. The van der Waals surface area contributed by atoms with Gasteiger partial charge in [0.25, 0.3) is 0 Å². The summed E-state index contributed by atoms with van der Waals surface area (Å²) in [5, 5.41) is 6.97. The van der Waals surface area contributed by atoms with Crippen molar-refractivity contribution in [2.45, 2.75) is 5.11 Å². The third-order valence-electron chi connectivity index (χ3n) is 10.4. The maximum absolute atomic E-state index is 6.43. The van der Waals surface area contributed by atoms with Crippen LogP contribution in [0.4, 0.5) is 0 Å². The quantitative estimate of drug-likeness (QED) is 0.136. The van der Waals surface area contributed by atoms with E-state index in [1.165, 1.54) is 54.9 Å². The van der Waals surface area contributed by atoms with E-state index in [2.05, 4.69) is 186 Å². The molecule has 2 heterocycles. The van der Waals surface area contributed by atoms with E-state index in [1.807, 2.05) is 6.07 Å². The second-order valence-corrected chi connectivity index (χ2v) is 14.8. The van der Waals surface area contributed by atoms with Crippen molar-refractivity contribution in [3.05, 3.63) is 170 Å². The van der Waals surface area contributed by atoms with E-state index in [0.717, 1.165) is 44.5 Å². The highest BCUT2D eigenvalue weighted by atomic mass is 16.3. The molecule has 2 aromatic heterocycles. The van der Waals surface area contributed by atoms with Gasteiger partial charge in [0.15, 0.2) is 0 Å². The molecule has 0 atom stereocenters. The van der Waals surface area contributed by atoms with Crippen LogP contribution in [0.15, 0.2) is 168 Å². The number of benzene rings is 8. The van der Waals surface area contributed by atoms with Crippen molar-refractivity contribution in [2.75, 3.05) is 0 Å². The van der Waals surface area contributed by atoms with Crippen LogP contribution in [0.1, 0.15) is 5.82 Å². The molecule has 0 aliphatic carbocycles. The van der Waals surface area contributed by atoms with Crippen molar-refractivity contribution in [3.8, 4) is 39.1 Å². The highest BCUT2D eigenvalue weighted by molar-refractivity contribution is 6.58. The van der Waals surface area contributed by atoms with Crippen molar-refractivity contribution in [3.63, 3.8) is 0 Å². The topological polar surface area (TPSA) is 31.0 Å². The van der Waals surface area contributed by atoms with Crippen molar-refractivity contribution >= 4 is 78.1 Å². The van der Waals surface area contributed by atoms with E-state index in [0.29, 0.717) is 0 Å². The van der Waals surface area contributed by atoms with Crippen LogP contribution in [-0.4, -0.2) is 33.1 Å². The van der Waals surface area contributed by atoms with Crippen molar-refractivity contribution < 1.29 is 4.42 Å². The van der Waals surface area contributed by atoms with Crippen LogP contribution in [0.2, 0.25) is 0 Å². The van der Waals surface area contributed by atoms with Crippen molar-refractivity contribution in [1.29, 1.82) is 0 Å². The lowest BCUT2D eigenvalue weighted by molar-refractivity contribution is 0.669. The number of para-hydroxylation sites is 3. The molecule has 0 unspecified atom stereocenters. The fourth-order valence-electron chi connectivity index (χ4n) is 8.16. The Balaban J connectivity index is 1.32. The van der Waals surface area contributed by atoms with Gasteiger partial charge >= 0.3 is 0 Å². The maximum atomic E-state index is 6.43. The average Bonchev–Trinajstić information content (AvgIpc) is 3.77. The molecule has 3 nitrogen and oxygen atoms in total. The number of rotatable bonds is 5. The molecule has 0 aliphatic rings. The van der Waals surface area contributed by atoms with Gasteiger partial charge in [0.2, 0.25) is 0 Å². The Morgan fingerprint density at radius 1 is 0.481 bits per heavy atom. The number of imidazole rings is 1.